The first-order valence-corrected chi connectivity index (χ1v) is 21.2. The van der Waals surface area contributed by atoms with Crippen LogP contribution in [-0.4, -0.2) is 74.1 Å². The molecule has 0 spiro atoms. The van der Waals surface area contributed by atoms with E-state index in [1.807, 2.05) is 132 Å². The van der Waals surface area contributed by atoms with Crippen molar-refractivity contribution >= 4 is 28.9 Å². The fraction of sp³-hybridized carbons (Fsp3) is 0.306. The van der Waals surface area contributed by atoms with Crippen molar-refractivity contribution < 1.29 is 33.7 Å². The van der Waals surface area contributed by atoms with Crippen LogP contribution in [0.5, 0.6) is 0 Å². The Morgan fingerprint density at radius 3 is 2.27 bits per heavy atom. The molecule has 0 aliphatic carbocycles. The first-order chi connectivity index (χ1) is 30.3. The summed E-state index contributed by atoms with van der Waals surface area (Å²) in [4.78, 5) is 58.6. The van der Waals surface area contributed by atoms with Crippen LogP contribution in [0, 0.1) is 0 Å². The zero-order valence-corrected chi connectivity index (χ0v) is 34.2. The maximum Gasteiger partial charge on any atom is 0.408 e. The molecule has 6 aromatic rings. The van der Waals surface area contributed by atoms with Gasteiger partial charge in [0.25, 0.3) is 5.91 Å². The number of aromatic nitrogens is 2. The fourth-order valence-corrected chi connectivity index (χ4v) is 8.92. The molecule has 318 valence electrons. The molecule has 13 heteroatoms. The van der Waals surface area contributed by atoms with E-state index in [1.165, 1.54) is 4.90 Å². The molecule has 4 unspecified atom stereocenters. The number of para-hydroxylation sites is 2. The second-order valence-corrected chi connectivity index (χ2v) is 16.3. The number of imidazole rings is 1. The molecule has 3 aliphatic heterocycles. The molecule has 13 nitrogen and oxygen atoms in total. The molecular weight excluding hydrogens is 787 g/mol. The Labute approximate surface area is 358 Å². The maximum absolute atomic E-state index is 13.4. The van der Waals surface area contributed by atoms with Gasteiger partial charge in [-0.15, -0.1) is 0 Å². The fourth-order valence-electron chi connectivity index (χ4n) is 8.92. The molecule has 3 fully saturated rings. The Bertz CT molecular complexity index is 2580. The number of amides is 3. The summed E-state index contributed by atoms with van der Waals surface area (Å²) in [6.45, 7) is 2.44. The summed E-state index contributed by atoms with van der Waals surface area (Å²) in [5.41, 5.74) is 7.77. The number of alkyl carbamates (subject to hydrolysis) is 1. The zero-order chi connectivity index (χ0) is 42.6. The summed E-state index contributed by atoms with van der Waals surface area (Å²) < 4.78 is 20.6. The van der Waals surface area contributed by atoms with Gasteiger partial charge in [0.2, 0.25) is 5.91 Å². The van der Waals surface area contributed by atoms with Crippen molar-refractivity contribution in [2.75, 3.05) is 19.6 Å². The average molecular weight is 836 g/mol. The lowest BCUT2D eigenvalue weighted by atomic mass is 9.97. The van der Waals surface area contributed by atoms with E-state index in [9.17, 15) is 24.3 Å². The van der Waals surface area contributed by atoms with E-state index in [0.29, 0.717) is 13.0 Å². The number of ether oxygens (including phenoxy) is 3. The van der Waals surface area contributed by atoms with Gasteiger partial charge < -0.3 is 34.5 Å². The third kappa shape index (κ3) is 8.97. The number of fused-ring (bicyclic) bond motifs is 1. The molecule has 3 saturated heterocycles. The number of piperidine rings is 1. The minimum Gasteiger partial charge on any atom is -0.445 e. The van der Waals surface area contributed by atoms with Crippen molar-refractivity contribution in [2.45, 2.75) is 76.0 Å². The summed E-state index contributed by atoms with van der Waals surface area (Å²) in [5, 5.41) is 12.2. The highest BCUT2D eigenvalue weighted by Crippen LogP contribution is 2.39. The zero-order valence-electron chi connectivity index (χ0n) is 34.2. The number of carbonyl (C=O) groups excluding carboxylic acids is 3. The highest BCUT2D eigenvalue weighted by atomic mass is 16.7. The number of aliphatic hydroxyl groups is 1. The van der Waals surface area contributed by atoms with Crippen LogP contribution in [0.3, 0.4) is 0 Å². The van der Waals surface area contributed by atoms with E-state index in [2.05, 4.69) is 15.2 Å². The Balaban J connectivity index is 0.869. The second-order valence-electron chi connectivity index (χ2n) is 16.3. The van der Waals surface area contributed by atoms with Crippen molar-refractivity contribution in [1.29, 1.82) is 0 Å². The lowest BCUT2D eigenvalue weighted by molar-refractivity contribution is -0.253. The number of hydrogen-bond acceptors (Lipinski definition) is 9. The summed E-state index contributed by atoms with van der Waals surface area (Å²) in [6.07, 6.45) is 0.433. The monoisotopic (exact) mass is 835 g/mol. The standard InChI is InChI=1S/C49H49N5O8/c55-30-32-14-16-35(17-15-32)44-26-39(29-52-24-22-38(23-25-52)54-43-13-7-6-12-41(43)50-48(54)58)61-47(62-44)36-20-18-34(19-21-36)40-11-5-4-10-37(40)28-53-45(56)27-42(46(53)57)51-49(59)60-31-33-8-2-1-3-9-33/h1-21,38-39,42,44,47,55H,22-31H2,(H,50,58)(H,51,59). The number of likely N-dealkylation sites (tertiary alicyclic amines) is 2. The van der Waals surface area contributed by atoms with Gasteiger partial charge in [0.15, 0.2) is 6.29 Å². The number of nitrogens with zero attached hydrogens (tertiary/aromatic N) is 3. The van der Waals surface area contributed by atoms with Gasteiger partial charge in [-0.05, 0) is 58.4 Å². The van der Waals surface area contributed by atoms with Gasteiger partial charge in [0.1, 0.15) is 12.6 Å². The third-order valence-electron chi connectivity index (χ3n) is 12.2. The van der Waals surface area contributed by atoms with Crippen molar-refractivity contribution in [3.63, 3.8) is 0 Å². The molecule has 0 saturated carbocycles. The molecule has 9 rings (SSSR count). The van der Waals surface area contributed by atoms with Gasteiger partial charge in [-0.2, -0.15) is 0 Å². The minimum atomic E-state index is -1.00. The molecule has 1 aromatic heterocycles. The van der Waals surface area contributed by atoms with E-state index < -0.39 is 24.3 Å². The first-order valence-electron chi connectivity index (χ1n) is 21.2. The highest BCUT2D eigenvalue weighted by Gasteiger charge is 2.40. The number of hydrogen-bond donors (Lipinski definition) is 3. The molecule has 0 radical (unpaired) electrons. The van der Waals surface area contributed by atoms with E-state index in [-0.39, 0.29) is 56.0 Å². The molecule has 3 N–H and O–H groups in total. The quantitative estimate of drug-likeness (QED) is 0.111. The van der Waals surface area contributed by atoms with E-state index in [0.717, 1.165) is 75.9 Å². The number of aliphatic hydroxyl groups excluding tert-OH is 1. The topological polar surface area (TPSA) is 155 Å². The molecular formula is C49H49N5O8. The van der Waals surface area contributed by atoms with Gasteiger partial charge in [0, 0.05) is 37.7 Å². The molecule has 3 amide bonds. The normalized spacial score (nSPS) is 21.1. The van der Waals surface area contributed by atoms with Crippen molar-refractivity contribution in [2.24, 2.45) is 0 Å². The van der Waals surface area contributed by atoms with Crippen LogP contribution < -0.4 is 11.0 Å². The van der Waals surface area contributed by atoms with Gasteiger partial charge in [-0.3, -0.25) is 19.1 Å². The Morgan fingerprint density at radius 1 is 0.790 bits per heavy atom. The van der Waals surface area contributed by atoms with Gasteiger partial charge in [-0.25, -0.2) is 9.59 Å². The number of imide groups is 1. The highest BCUT2D eigenvalue weighted by molar-refractivity contribution is 6.06. The minimum absolute atomic E-state index is 0.0371. The number of H-pyrrole nitrogens is 1. The Kier molecular flexibility index (Phi) is 12.1. The number of rotatable bonds is 12. The second kappa shape index (κ2) is 18.3. The van der Waals surface area contributed by atoms with Crippen LogP contribution in [0.25, 0.3) is 22.2 Å². The number of benzene rings is 5. The lowest BCUT2D eigenvalue weighted by Gasteiger charge is -2.40. The van der Waals surface area contributed by atoms with Crippen molar-refractivity contribution in [1.82, 2.24) is 24.7 Å². The smallest absolute Gasteiger partial charge is 0.408 e. The lowest BCUT2D eigenvalue weighted by Crippen LogP contribution is -2.43. The van der Waals surface area contributed by atoms with Crippen LogP contribution in [0.1, 0.15) is 71.9 Å². The van der Waals surface area contributed by atoms with Crippen LogP contribution in [0.2, 0.25) is 0 Å². The summed E-state index contributed by atoms with van der Waals surface area (Å²) >= 11 is 0. The first kappa shape index (κ1) is 41.0. The van der Waals surface area contributed by atoms with Gasteiger partial charge in [0.05, 0.1) is 42.8 Å². The summed E-state index contributed by atoms with van der Waals surface area (Å²) in [5.74, 6) is -0.850. The van der Waals surface area contributed by atoms with Crippen LogP contribution in [0.4, 0.5) is 4.79 Å². The van der Waals surface area contributed by atoms with E-state index in [1.54, 1.807) is 0 Å². The maximum atomic E-state index is 13.4. The van der Waals surface area contributed by atoms with Crippen molar-refractivity contribution in [3.05, 3.63) is 166 Å². The predicted molar refractivity (Wildman–Crippen MR) is 231 cm³/mol. The van der Waals surface area contributed by atoms with Gasteiger partial charge in [-0.1, -0.05) is 115 Å². The number of aromatic amines is 1. The van der Waals surface area contributed by atoms with Crippen molar-refractivity contribution in [3.8, 4) is 11.1 Å². The Hall–Kier alpha value is -6.38. The number of carbonyl (C=O) groups is 3. The number of nitrogens with one attached hydrogen (secondary N) is 2. The summed E-state index contributed by atoms with van der Waals surface area (Å²) in [7, 11) is 0. The molecule has 4 atom stereocenters. The molecule has 0 bridgehead atoms. The molecule has 4 heterocycles. The van der Waals surface area contributed by atoms with Gasteiger partial charge >= 0.3 is 11.8 Å². The summed E-state index contributed by atoms with van der Waals surface area (Å²) in [6, 6.07) is 39.6. The van der Waals surface area contributed by atoms with Crippen LogP contribution >= 0.6 is 0 Å². The predicted octanol–water partition coefficient (Wildman–Crippen LogP) is 6.93. The SMILES string of the molecule is O=C(NC1CC(=O)N(Cc2ccccc2-c2ccc(C3OC(CN4CCC(n5c(=O)[nH]c6ccccc65)CC4)CC(c4ccc(CO)cc4)O3)cc2)C1=O)OCc1ccccc1. The Morgan fingerprint density at radius 2 is 1.50 bits per heavy atom. The van der Waals surface area contributed by atoms with Crippen LogP contribution in [0.15, 0.2) is 132 Å². The molecule has 5 aromatic carbocycles. The average Bonchev–Trinajstić information content (AvgIpc) is 3.78. The molecule has 62 heavy (non-hydrogen) atoms. The largest absolute Gasteiger partial charge is 0.445 e. The van der Waals surface area contributed by atoms with E-state index >= 15 is 0 Å². The van der Waals surface area contributed by atoms with Crippen LogP contribution in [-0.2, 0) is 43.6 Å². The van der Waals surface area contributed by atoms with E-state index in [4.69, 9.17) is 14.2 Å². The third-order valence-corrected chi connectivity index (χ3v) is 12.2. The molecule has 3 aliphatic rings.